The van der Waals surface area contributed by atoms with E-state index < -0.39 is 5.91 Å². The van der Waals surface area contributed by atoms with Crippen molar-refractivity contribution in [3.05, 3.63) is 76.8 Å². The molecule has 0 aliphatic carbocycles. The van der Waals surface area contributed by atoms with Crippen LogP contribution >= 0.6 is 15.9 Å². The summed E-state index contributed by atoms with van der Waals surface area (Å²) in [5.74, 6) is 0.187. The largest absolute Gasteiger partial charge is 0.490 e. The Balaban J connectivity index is 2.16. The molecule has 1 amide bonds. The number of benzene rings is 2. The van der Waals surface area contributed by atoms with Gasteiger partial charge in [0.25, 0.3) is 5.91 Å². The lowest BCUT2D eigenvalue weighted by atomic mass is 10.1. The number of hydrogen-bond acceptors (Lipinski definition) is 3. The summed E-state index contributed by atoms with van der Waals surface area (Å²) in [7, 11) is 0. The molecule has 0 aliphatic heterocycles. The van der Waals surface area contributed by atoms with Gasteiger partial charge in [-0.3, -0.25) is 4.79 Å². The molecule has 0 aromatic heterocycles. The predicted molar refractivity (Wildman–Crippen MR) is 98.5 cm³/mol. The summed E-state index contributed by atoms with van der Waals surface area (Å²) in [6, 6.07) is 16.2. The van der Waals surface area contributed by atoms with Crippen LogP contribution in [-0.2, 0) is 4.79 Å². The fourth-order valence-corrected chi connectivity index (χ4v) is 2.16. The average Bonchev–Trinajstić information content (AvgIpc) is 2.60. The summed E-state index contributed by atoms with van der Waals surface area (Å²) < 4.78 is 6.35. The normalized spacial score (nSPS) is 10.6. The number of rotatable bonds is 6. The SMILES string of the molecule is C=CCOc1cccc(/C=C(/C#N)C(=O)Nc2ccc(Br)cc2)c1. The molecule has 0 saturated carbocycles. The van der Waals surface area contributed by atoms with Gasteiger partial charge in [-0.15, -0.1) is 0 Å². The van der Waals surface area contributed by atoms with E-state index in [0.717, 1.165) is 4.47 Å². The zero-order valence-corrected chi connectivity index (χ0v) is 14.4. The van der Waals surface area contributed by atoms with E-state index in [1.54, 1.807) is 42.5 Å². The lowest BCUT2D eigenvalue weighted by Crippen LogP contribution is -2.13. The van der Waals surface area contributed by atoms with Crippen molar-refractivity contribution in [2.75, 3.05) is 11.9 Å². The van der Waals surface area contributed by atoms with Crippen LogP contribution in [0.1, 0.15) is 5.56 Å². The molecule has 1 N–H and O–H groups in total. The summed E-state index contributed by atoms with van der Waals surface area (Å²) in [6.07, 6.45) is 3.17. The van der Waals surface area contributed by atoms with Crippen molar-refractivity contribution in [2.24, 2.45) is 0 Å². The van der Waals surface area contributed by atoms with Gasteiger partial charge in [0.2, 0.25) is 0 Å². The van der Waals surface area contributed by atoms with Crippen LogP contribution in [0.25, 0.3) is 6.08 Å². The Hall–Kier alpha value is -2.84. The standard InChI is InChI=1S/C19H15BrN2O2/c1-2-10-24-18-5-3-4-14(12-18)11-15(13-21)19(23)22-17-8-6-16(20)7-9-17/h2-9,11-12H,1,10H2,(H,22,23)/b15-11-. The molecule has 120 valence electrons. The first-order valence-electron chi connectivity index (χ1n) is 7.15. The van der Waals surface area contributed by atoms with Gasteiger partial charge in [0.1, 0.15) is 24.0 Å². The number of amides is 1. The van der Waals surface area contributed by atoms with Crippen LogP contribution in [0.5, 0.6) is 5.75 Å². The molecule has 5 heteroatoms. The molecule has 2 rings (SSSR count). The molecule has 0 fully saturated rings. The number of nitrogens with zero attached hydrogens (tertiary/aromatic N) is 1. The number of halogens is 1. The average molecular weight is 383 g/mol. The molecule has 2 aromatic carbocycles. The first kappa shape index (κ1) is 17.5. The third-order valence-corrected chi connectivity index (χ3v) is 3.53. The maximum atomic E-state index is 12.2. The highest BCUT2D eigenvalue weighted by atomic mass is 79.9. The maximum Gasteiger partial charge on any atom is 0.266 e. The quantitative estimate of drug-likeness (QED) is 0.452. The van der Waals surface area contributed by atoms with Crippen molar-refractivity contribution in [3.8, 4) is 11.8 Å². The Kier molecular flexibility index (Phi) is 6.35. The van der Waals surface area contributed by atoms with Gasteiger partial charge in [-0.2, -0.15) is 5.26 Å². The van der Waals surface area contributed by atoms with Crippen molar-refractivity contribution < 1.29 is 9.53 Å². The lowest BCUT2D eigenvalue weighted by molar-refractivity contribution is -0.112. The van der Waals surface area contributed by atoms with Crippen molar-refractivity contribution in [3.63, 3.8) is 0 Å². The minimum Gasteiger partial charge on any atom is -0.490 e. The Morgan fingerprint density at radius 1 is 1.29 bits per heavy atom. The van der Waals surface area contributed by atoms with Crippen LogP contribution in [0.4, 0.5) is 5.69 Å². The zero-order chi connectivity index (χ0) is 17.4. The number of hydrogen-bond donors (Lipinski definition) is 1. The molecule has 0 aliphatic rings. The Morgan fingerprint density at radius 2 is 2.04 bits per heavy atom. The van der Waals surface area contributed by atoms with Crippen LogP contribution in [0.3, 0.4) is 0 Å². The molecule has 2 aromatic rings. The Bertz CT molecular complexity index is 805. The first-order valence-corrected chi connectivity index (χ1v) is 7.94. The van der Waals surface area contributed by atoms with E-state index in [2.05, 4.69) is 27.8 Å². The molecule has 24 heavy (non-hydrogen) atoms. The van der Waals surface area contributed by atoms with E-state index in [0.29, 0.717) is 23.6 Å². The molecule has 0 radical (unpaired) electrons. The fraction of sp³-hybridized carbons (Fsp3) is 0.0526. The van der Waals surface area contributed by atoms with Crippen LogP contribution in [0.2, 0.25) is 0 Å². The Labute approximate surface area is 149 Å². The van der Waals surface area contributed by atoms with Gasteiger partial charge in [0.15, 0.2) is 0 Å². The minimum atomic E-state index is -0.461. The Morgan fingerprint density at radius 3 is 2.71 bits per heavy atom. The lowest BCUT2D eigenvalue weighted by Gasteiger charge is -2.06. The number of ether oxygens (including phenoxy) is 1. The molecular weight excluding hydrogens is 368 g/mol. The topological polar surface area (TPSA) is 62.1 Å². The second-order valence-corrected chi connectivity index (χ2v) is 5.72. The van der Waals surface area contributed by atoms with Crippen molar-refractivity contribution >= 4 is 33.6 Å². The third kappa shape index (κ3) is 5.11. The number of carbonyl (C=O) groups is 1. The van der Waals surface area contributed by atoms with E-state index in [-0.39, 0.29) is 5.57 Å². The summed E-state index contributed by atoms with van der Waals surface area (Å²) >= 11 is 3.33. The summed E-state index contributed by atoms with van der Waals surface area (Å²) in [5.41, 5.74) is 1.34. The molecule has 0 spiro atoms. The third-order valence-electron chi connectivity index (χ3n) is 3.00. The number of nitriles is 1. The number of anilines is 1. The molecule has 0 saturated heterocycles. The van der Waals surface area contributed by atoms with Gasteiger partial charge in [0.05, 0.1) is 0 Å². The predicted octanol–water partition coefficient (Wildman–Crippen LogP) is 4.56. The maximum absolute atomic E-state index is 12.2. The second-order valence-electron chi connectivity index (χ2n) is 4.80. The molecular formula is C19H15BrN2O2. The highest BCUT2D eigenvalue weighted by Crippen LogP contribution is 2.18. The van der Waals surface area contributed by atoms with E-state index in [1.807, 2.05) is 18.2 Å². The van der Waals surface area contributed by atoms with Crippen LogP contribution in [0, 0.1) is 11.3 Å². The summed E-state index contributed by atoms with van der Waals surface area (Å²) in [5, 5.41) is 12.0. The highest BCUT2D eigenvalue weighted by molar-refractivity contribution is 9.10. The summed E-state index contributed by atoms with van der Waals surface area (Å²) in [4.78, 5) is 12.2. The summed E-state index contributed by atoms with van der Waals surface area (Å²) in [6.45, 7) is 3.98. The van der Waals surface area contributed by atoms with Crippen LogP contribution < -0.4 is 10.1 Å². The highest BCUT2D eigenvalue weighted by Gasteiger charge is 2.09. The molecule has 0 unspecified atom stereocenters. The minimum absolute atomic E-state index is 0.0128. The van der Waals surface area contributed by atoms with Gasteiger partial charge >= 0.3 is 0 Å². The fourth-order valence-electron chi connectivity index (χ4n) is 1.90. The van der Waals surface area contributed by atoms with Crippen molar-refractivity contribution in [1.82, 2.24) is 0 Å². The molecule has 0 heterocycles. The van der Waals surface area contributed by atoms with Crippen LogP contribution in [0.15, 0.2) is 71.2 Å². The van der Waals surface area contributed by atoms with E-state index in [4.69, 9.17) is 4.74 Å². The van der Waals surface area contributed by atoms with E-state index in [1.165, 1.54) is 6.08 Å². The number of carbonyl (C=O) groups excluding carboxylic acids is 1. The van der Waals surface area contributed by atoms with E-state index >= 15 is 0 Å². The second kappa shape index (κ2) is 8.70. The van der Waals surface area contributed by atoms with Crippen molar-refractivity contribution in [2.45, 2.75) is 0 Å². The first-order chi connectivity index (χ1) is 11.6. The monoisotopic (exact) mass is 382 g/mol. The van der Waals surface area contributed by atoms with Crippen LogP contribution in [-0.4, -0.2) is 12.5 Å². The van der Waals surface area contributed by atoms with Gasteiger partial charge in [-0.25, -0.2) is 0 Å². The zero-order valence-electron chi connectivity index (χ0n) is 12.8. The molecule has 0 bridgehead atoms. The molecule has 0 atom stereocenters. The van der Waals surface area contributed by atoms with Gasteiger partial charge in [-0.05, 0) is 48.0 Å². The van der Waals surface area contributed by atoms with E-state index in [9.17, 15) is 10.1 Å². The number of nitrogens with one attached hydrogen (secondary N) is 1. The molecule has 4 nitrogen and oxygen atoms in total. The van der Waals surface area contributed by atoms with Gasteiger partial charge in [-0.1, -0.05) is 40.7 Å². The smallest absolute Gasteiger partial charge is 0.266 e. The van der Waals surface area contributed by atoms with Crippen molar-refractivity contribution in [1.29, 1.82) is 5.26 Å². The van der Waals surface area contributed by atoms with Gasteiger partial charge < -0.3 is 10.1 Å². The van der Waals surface area contributed by atoms with Gasteiger partial charge in [0, 0.05) is 10.2 Å².